The van der Waals surface area contributed by atoms with Gasteiger partial charge >= 0.3 is 0 Å². The highest BCUT2D eigenvalue weighted by molar-refractivity contribution is 7.11. The molecule has 138 valence electrons. The summed E-state index contributed by atoms with van der Waals surface area (Å²) in [6.45, 7) is 1.75. The smallest absolute Gasteiger partial charge is 0.222 e. The Hall–Kier alpha value is -1.74. The van der Waals surface area contributed by atoms with Crippen molar-refractivity contribution in [2.75, 3.05) is 13.1 Å². The largest absolute Gasteiger partial charge is 0.343 e. The highest BCUT2D eigenvalue weighted by Gasteiger charge is 2.39. The fraction of sp³-hybridized carbons (Fsp3) is 0.700. The lowest BCUT2D eigenvalue weighted by Crippen LogP contribution is -2.39. The Morgan fingerprint density at radius 3 is 2.77 bits per heavy atom. The van der Waals surface area contributed by atoms with Crippen molar-refractivity contribution in [3.63, 3.8) is 0 Å². The van der Waals surface area contributed by atoms with Crippen LogP contribution in [0.5, 0.6) is 0 Å². The summed E-state index contributed by atoms with van der Waals surface area (Å²) < 4.78 is 0. The molecule has 0 saturated carbocycles. The van der Waals surface area contributed by atoms with Crippen molar-refractivity contribution < 1.29 is 4.79 Å². The monoisotopic (exact) mass is 370 g/mol. The van der Waals surface area contributed by atoms with Crippen LogP contribution in [0.15, 0.2) is 10.2 Å². The minimum absolute atomic E-state index is 0.244. The van der Waals surface area contributed by atoms with Gasteiger partial charge in [0.15, 0.2) is 5.66 Å². The first kappa shape index (κ1) is 17.7. The molecule has 1 amide bonds. The summed E-state index contributed by atoms with van der Waals surface area (Å²) in [5.74, 6) is 3.54. The fourth-order valence-corrected chi connectivity index (χ4v) is 5.37. The van der Waals surface area contributed by atoms with Crippen molar-refractivity contribution in [2.45, 2.75) is 69.9 Å². The number of nitrogens with zero attached hydrogens (tertiary/aromatic N) is 4. The second-order valence-electron chi connectivity index (χ2n) is 7.75. The Bertz CT molecular complexity index is 712. The van der Waals surface area contributed by atoms with Gasteiger partial charge in [0.2, 0.25) is 5.91 Å². The summed E-state index contributed by atoms with van der Waals surface area (Å²) in [7, 11) is 0. The zero-order valence-electron chi connectivity index (χ0n) is 15.2. The molecular weight excluding hydrogens is 344 g/mol. The maximum Gasteiger partial charge on any atom is 0.222 e. The molecule has 4 rings (SSSR count). The number of hydrogen-bond acceptors (Lipinski definition) is 5. The molecule has 1 saturated heterocycles. The Kier molecular flexibility index (Phi) is 5.08. The van der Waals surface area contributed by atoms with Crippen molar-refractivity contribution in [1.82, 2.24) is 9.88 Å². The van der Waals surface area contributed by atoms with E-state index in [1.165, 1.54) is 34.8 Å². The molecule has 1 aromatic heterocycles. The number of carbonyl (C=O) groups excluding carboxylic acids is 1. The topological polar surface area (TPSA) is 57.9 Å². The van der Waals surface area contributed by atoms with Crippen LogP contribution in [0.4, 0.5) is 0 Å². The molecule has 1 fully saturated rings. The summed E-state index contributed by atoms with van der Waals surface area (Å²) >= 11 is 1.92. The van der Waals surface area contributed by atoms with E-state index in [1.807, 2.05) is 16.2 Å². The minimum Gasteiger partial charge on any atom is -0.343 e. The van der Waals surface area contributed by atoms with E-state index in [4.69, 9.17) is 11.4 Å². The number of rotatable bonds is 7. The van der Waals surface area contributed by atoms with Crippen molar-refractivity contribution in [1.29, 1.82) is 0 Å². The van der Waals surface area contributed by atoms with E-state index >= 15 is 0 Å². The SMILES string of the molecule is C#CCCC1(CCC(=O)N2CCC(Cc3nc4c(s3)CCC4)CC2)N=N1. The molecule has 0 aromatic carbocycles. The van der Waals surface area contributed by atoms with E-state index in [-0.39, 0.29) is 11.6 Å². The summed E-state index contributed by atoms with van der Waals surface area (Å²) in [6.07, 6.45) is 14.9. The first-order valence-electron chi connectivity index (χ1n) is 9.80. The van der Waals surface area contributed by atoms with E-state index in [0.29, 0.717) is 25.2 Å². The summed E-state index contributed by atoms with van der Waals surface area (Å²) in [6, 6.07) is 0. The number of aryl methyl sites for hydroxylation is 2. The van der Waals surface area contributed by atoms with E-state index in [1.54, 1.807) is 0 Å². The van der Waals surface area contributed by atoms with E-state index in [2.05, 4.69) is 16.1 Å². The minimum atomic E-state index is -0.342. The average molecular weight is 371 g/mol. The van der Waals surface area contributed by atoms with Crippen molar-refractivity contribution in [2.24, 2.45) is 16.1 Å². The number of amides is 1. The number of hydrogen-bond donors (Lipinski definition) is 0. The molecule has 0 unspecified atom stereocenters. The molecule has 0 radical (unpaired) electrons. The van der Waals surface area contributed by atoms with Crippen LogP contribution < -0.4 is 0 Å². The van der Waals surface area contributed by atoms with Crippen molar-refractivity contribution in [3.05, 3.63) is 15.6 Å². The van der Waals surface area contributed by atoms with Gasteiger partial charge in [0.05, 0.1) is 10.7 Å². The second-order valence-corrected chi connectivity index (χ2v) is 8.91. The molecule has 0 N–H and O–H groups in total. The Labute approximate surface area is 159 Å². The molecule has 6 heteroatoms. The predicted octanol–water partition coefficient (Wildman–Crippen LogP) is 3.77. The lowest BCUT2D eigenvalue weighted by atomic mass is 9.93. The van der Waals surface area contributed by atoms with E-state index < -0.39 is 0 Å². The normalized spacial score (nSPS) is 20.8. The molecule has 1 aromatic rings. The van der Waals surface area contributed by atoms with Crippen molar-refractivity contribution >= 4 is 17.2 Å². The van der Waals surface area contributed by atoms with Gasteiger partial charge in [-0.15, -0.1) is 23.7 Å². The first-order chi connectivity index (χ1) is 12.7. The Morgan fingerprint density at radius 1 is 1.27 bits per heavy atom. The molecule has 0 atom stereocenters. The van der Waals surface area contributed by atoms with Gasteiger partial charge in [0.1, 0.15) is 0 Å². The number of fused-ring (bicyclic) bond motifs is 1. The molecule has 3 heterocycles. The third-order valence-electron chi connectivity index (χ3n) is 5.86. The van der Waals surface area contributed by atoms with Gasteiger partial charge in [0, 0.05) is 50.1 Å². The zero-order valence-corrected chi connectivity index (χ0v) is 16.1. The molecule has 1 aliphatic carbocycles. The third-order valence-corrected chi connectivity index (χ3v) is 7.04. The van der Waals surface area contributed by atoms with Gasteiger partial charge in [0.25, 0.3) is 0 Å². The van der Waals surface area contributed by atoms with Crippen molar-refractivity contribution in [3.8, 4) is 12.3 Å². The highest BCUT2D eigenvalue weighted by atomic mass is 32.1. The maximum absolute atomic E-state index is 12.5. The van der Waals surface area contributed by atoms with Crippen LogP contribution in [0.3, 0.4) is 0 Å². The third kappa shape index (κ3) is 3.98. The maximum atomic E-state index is 12.5. The average Bonchev–Trinajstić information content (AvgIpc) is 3.12. The molecule has 0 bridgehead atoms. The summed E-state index contributed by atoms with van der Waals surface area (Å²) in [5.41, 5.74) is 1.01. The Balaban J connectivity index is 1.19. The standard InChI is InChI=1S/C20H26N4OS/c1-2-3-10-20(22-23-20)11-7-19(25)24-12-8-15(9-13-24)14-18-21-16-5-4-6-17(16)26-18/h1,15H,3-14H2. The lowest BCUT2D eigenvalue weighted by molar-refractivity contribution is -0.132. The molecule has 5 nitrogen and oxygen atoms in total. The van der Waals surface area contributed by atoms with Crippen LogP contribution in [0.1, 0.15) is 60.5 Å². The van der Waals surface area contributed by atoms with Gasteiger partial charge in [-0.25, -0.2) is 4.98 Å². The molecule has 0 spiro atoms. The zero-order chi connectivity index (χ0) is 18.0. The second kappa shape index (κ2) is 7.48. The number of terminal acetylenes is 1. The van der Waals surface area contributed by atoms with Gasteiger partial charge in [-0.05, 0) is 38.0 Å². The van der Waals surface area contributed by atoms with Crippen LogP contribution in [0.25, 0.3) is 0 Å². The van der Waals surface area contributed by atoms with Gasteiger partial charge in [-0.1, -0.05) is 0 Å². The molecular formula is C20H26N4OS. The number of likely N-dealkylation sites (tertiary alicyclic amines) is 1. The van der Waals surface area contributed by atoms with Crippen LogP contribution in [0, 0.1) is 18.3 Å². The van der Waals surface area contributed by atoms with E-state index in [0.717, 1.165) is 38.8 Å². The lowest BCUT2D eigenvalue weighted by Gasteiger charge is -2.32. The Morgan fingerprint density at radius 2 is 2.08 bits per heavy atom. The predicted molar refractivity (Wildman–Crippen MR) is 102 cm³/mol. The molecule has 2 aliphatic heterocycles. The van der Waals surface area contributed by atoms with Gasteiger partial charge in [-0.3, -0.25) is 4.79 Å². The number of carbonyl (C=O) groups is 1. The quantitative estimate of drug-likeness (QED) is 0.686. The van der Waals surface area contributed by atoms with Gasteiger partial charge < -0.3 is 4.90 Å². The molecule has 26 heavy (non-hydrogen) atoms. The summed E-state index contributed by atoms with van der Waals surface area (Å²) in [4.78, 5) is 20.9. The van der Waals surface area contributed by atoms with Crippen LogP contribution in [-0.2, 0) is 24.1 Å². The van der Waals surface area contributed by atoms with Gasteiger partial charge in [-0.2, -0.15) is 10.2 Å². The fourth-order valence-electron chi connectivity index (χ4n) is 4.10. The number of thiazole rings is 1. The molecule has 3 aliphatic rings. The first-order valence-corrected chi connectivity index (χ1v) is 10.6. The highest BCUT2D eigenvalue weighted by Crippen LogP contribution is 2.38. The summed E-state index contributed by atoms with van der Waals surface area (Å²) in [5, 5.41) is 9.55. The van der Waals surface area contributed by atoms with Crippen LogP contribution in [-0.4, -0.2) is 34.5 Å². The van der Waals surface area contributed by atoms with Crippen LogP contribution in [0.2, 0.25) is 0 Å². The van der Waals surface area contributed by atoms with Crippen LogP contribution >= 0.6 is 11.3 Å². The number of aromatic nitrogens is 1. The van der Waals surface area contributed by atoms with E-state index in [9.17, 15) is 4.79 Å². The number of piperidine rings is 1.